The Morgan fingerprint density at radius 1 is 1.15 bits per heavy atom. The van der Waals surface area contributed by atoms with Crippen molar-refractivity contribution < 1.29 is 18.9 Å². The molecule has 2 rings (SSSR count). The molecule has 0 amide bonds. The molecule has 1 atom stereocenters. The van der Waals surface area contributed by atoms with Gasteiger partial charge in [-0.25, -0.2) is 4.57 Å². The Morgan fingerprint density at radius 2 is 1.80 bits per heavy atom. The Labute approximate surface area is 115 Å². The lowest BCUT2D eigenvalue weighted by molar-refractivity contribution is -0.385. The van der Waals surface area contributed by atoms with Crippen LogP contribution in [0.25, 0.3) is 0 Å². The molecule has 20 heavy (non-hydrogen) atoms. The molecule has 0 radical (unpaired) electrons. The van der Waals surface area contributed by atoms with Gasteiger partial charge in [-0.15, -0.1) is 0 Å². The van der Waals surface area contributed by atoms with E-state index in [2.05, 4.69) is 0 Å². The Balaban J connectivity index is 2.45. The van der Waals surface area contributed by atoms with Crippen molar-refractivity contribution in [2.75, 3.05) is 0 Å². The summed E-state index contributed by atoms with van der Waals surface area (Å²) in [6.45, 7) is 1.58. The van der Waals surface area contributed by atoms with Gasteiger partial charge in [0, 0.05) is 6.07 Å². The van der Waals surface area contributed by atoms with E-state index in [9.17, 15) is 19.6 Å². The third kappa shape index (κ3) is 2.87. The fraction of sp³-hybridized carbons (Fsp3) is 0.0769. The molecule has 0 aliphatic heterocycles. The maximum atomic E-state index is 12.2. The Kier molecular flexibility index (Phi) is 3.88. The topological polar surface area (TPSA) is 89.7 Å². The SMILES string of the molecule is Cc1cccc([N+](=O)[O-])c1OP(=O)(O)c1ccccc1. The summed E-state index contributed by atoms with van der Waals surface area (Å²) in [6.07, 6.45) is 0. The molecule has 2 aromatic rings. The average molecular weight is 293 g/mol. The van der Waals surface area contributed by atoms with Crippen molar-refractivity contribution in [3.63, 3.8) is 0 Å². The Morgan fingerprint density at radius 3 is 2.40 bits per heavy atom. The standard InChI is InChI=1S/C13H12NO5P/c1-10-6-5-9-12(14(15)16)13(10)19-20(17,18)11-7-3-2-4-8-11/h2-9H,1H3,(H,17,18). The average Bonchev–Trinajstić information content (AvgIpc) is 2.41. The molecule has 0 aromatic heterocycles. The van der Waals surface area contributed by atoms with Crippen LogP contribution >= 0.6 is 7.60 Å². The monoisotopic (exact) mass is 293 g/mol. The van der Waals surface area contributed by atoms with Crippen LogP contribution in [0.1, 0.15) is 5.56 Å². The minimum atomic E-state index is -4.16. The highest BCUT2D eigenvalue weighted by Crippen LogP contribution is 2.45. The molecule has 0 spiro atoms. The van der Waals surface area contributed by atoms with Crippen LogP contribution in [0.15, 0.2) is 48.5 Å². The van der Waals surface area contributed by atoms with Gasteiger partial charge in [-0.1, -0.05) is 30.3 Å². The highest BCUT2D eigenvalue weighted by molar-refractivity contribution is 7.61. The highest BCUT2D eigenvalue weighted by atomic mass is 31.2. The normalized spacial score (nSPS) is 13.5. The van der Waals surface area contributed by atoms with E-state index in [1.54, 1.807) is 31.2 Å². The van der Waals surface area contributed by atoms with Gasteiger partial charge < -0.3 is 9.42 Å². The molecule has 1 N–H and O–H groups in total. The van der Waals surface area contributed by atoms with E-state index in [-0.39, 0.29) is 16.7 Å². The summed E-state index contributed by atoms with van der Waals surface area (Å²) in [7, 11) is -4.16. The number of aryl methyl sites for hydroxylation is 1. The third-order valence-corrected chi connectivity index (χ3v) is 4.07. The van der Waals surface area contributed by atoms with E-state index in [1.165, 1.54) is 24.3 Å². The fourth-order valence-corrected chi connectivity index (χ4v) is 2.83. The van der Waals surface area contributed by atoms with Gasteiger partial charge in [-0.05, 0) is 24.6 Å². The lowest BCUT2D eigenvalue weighted by Gasteiger charge is -2.15. The second kappa shape index (κ2) is 5.45. The van der Waals surface area contributed by atoms with Crippen LogP contribution in [0.2, 0.25) is 0 Å². The summed E-state index contributed by atoms with van der Waals surface area (Å²) >= 11 is 0. The molecular weight excluding hydrogens is 281 g/mol. The zero-order valence-electron chi connectivity index (χ0n) is 10.6. The van der Waals surface area contributed by atoms with E-state index >= 15 is 0 Å². The summed E-state index contributed by atoms with van der Waals surface area (Å²) in [5.74, 6) is -0.188. The largest absolute Gasteiger partial charge is 0.414 e. The Bertz CT molecular complexity index is 686. The molecule has 0 saturated heterocycles. The summed E-state index contributed by atoms with van der Waals surface area (Å²) in [5, 5.41) is 11.0. The van der Waals surface area contributed by atoms with Crippen molar-refractivity contribution in [3.8, 4) is 5.75 Å². The van der Waals surface area contributed by atoms with E-state index in [0.29, 0.717) is 5.56 Å². The minimum absolute atomic E-state index is 0.0811. The molecule has 2 aromatic carbocycles. The number of hydrogen-bond donors (Lipinski definition) is 1. The molecular formula is C13H12NO5P. The first-order valence-corrected chi connectivity index (χ1v) is 7.31. The maximum absolute atomic E-state index is 12.2. The van der Waals surface area contributed by atoms with Gasteiger partial charge in [0.25, 0.3) is 0 Å². The molecule has 1 unspecified atom stereocenters. The highest BCUT2D eigenvalue weighted by Gasteiger charge is 2.29. The number of nitrogens with zero attached hydrogens (tertiary/aromatic N) is 1. The van der Waals surface area contributed by atoms with Gasteiger partial charge in [0.1, 0.15) is 0 Å². The van der Waals surface area contributed by atoms with Crippen LogP contribution < -0.4 is 9.83 Å². The summed E-state index contributed by atoms with van der Waals surface area (Å²) in [6, 6.07) is 12.0. The van der Waals surface area contributed by atoms with Crippen LogP contribution in [0.4, 0.5) is 5.69 Å². The third-order valence-electron chi connectivity index (χ3n) is 2.69. The van der Waals surface area contributed by atoms with Gasteiger partial charge in [0.15, 0.2) is 0 Å². The molecule has 104 valence electrons. The smallest absolute Gasteiger partial charge is 0.408 e. The van der Waals surface area contributed by atoms with Crippen LogP contribution in [0.3, 0.4) is 0 Å². The van der Waals surface area contributed by atoms with Crippen molar-refractivity contribution in [1.29, 1.82) is 0 Å². The van der Waals surface area contributed by atoms with Crippen molar-refractivity contribution >= 4 is 18.6 Å². The van der Waals surface area contributed by atoms with E-state index in [0.717, 1.165) is 0 Å². The zero-order valence-corrected chi connectivity index (χ0v) is 11.5. The molecule has 0 bridgehead atoms. The van der Waals surface area contributed by atoms with Crippen LogP contribution in [-0.2, 0) is 4.57 Å². The lowest BCUT2D eigenvalue weighted by atomic mass is 10.2. The number of benzene rings is 2. The molecule has 6 nitrogen and oxygen atoms in total. The number of nitro groups is 1. The minimum Gasteiger partial charge on any atom is -0.414 e. The van der Waals surface area contributed by atoms with E-state index in [1.807, 2.05) is 0 Å². The van der Waals surface area contributed by atoms with Crippen LogP contribution in [-0.4, -0.2) is 9.82 Å². The van der Waals surface area contributed by atoms with Crippen LogP contribution in [0.5, 0.6) is 5.75 Å². The van der Waals surface area contributed by atoms with Gasteiger partial charge >= 0.3 is 13.3 Å². The van der Waals surface area contributed by atoms with E-state index in [4.69, 9.17) is 4.52 Å². The zero-order chi connectivity index (χ0) is 14.8. The first-order valence-electron chi connectivity index (χ1n) is 5.74. The van der Waals surface area contributed by atoms with Crippen LogP contribution in [0, 0.1) is 17.0 Å². The summed E-state index contributed by atoms with van der Waals surface area (Å²) in [4.78, 5) is 20.3. The van der Waals surface area contributed by atoms with Gasteiger partial charge in [0.2, 0.25) is 5.75 Å². The van der Waals surface area contributed by atoms with Crippen molar-refractivity contribution in [3.05, 3.63) is 64.2 Å². The predicted molar refractivity (Wildman–Crippen MR) is 74.4 cm³/mol. The number of nitro benzene ring substituents is 1. The molecule has 0 saturated carbocycles. The van der Waals surface area contributed by atoms with Crippen molar-refractivity contribution in [2.24, 2.45) is 0 Å². The second-order valence-electron chi connectivity index (χ2n) is 4.13. The maximum Gasteiger partial charge on any atom is 0.408 e. The summed E-state index contributed by atoms with van der Waals surface area (Å²) < 4.78 is 17.3. The summed E-state index contributed by atoms with van der Waals surface area (Å²) in [5.41, 5.74) is 0.0830. The van der Waals surface area contributed by atoms with E-state index < -0.39 is 12.5 Å². The molecule has 0 aliphatic rings. The number of para-hydroxylation sites is 1. The quantitative estimate of drug-likeness (QED) is 0.532. The predicted octanol–water partition coefficient (Wildman–Crippen LogP) is 2.79. The first kappa shape index (κ1) is 14.2. The molecule has 0 heterocycles. The van der Waals surface area contributed by atoms with Gasteiger partial charge in [-0.2, -0.15) is 0 Å². The van der Waals surface area contributed by atoms with Gasteiger partial charge in [0.05, 0.1) is 10.2 Å². The molecule has 0 aliphatic carbocycles. The lowest BCUT2D eigenvalue weighted by Crippen LogP contribution is -2.09. The number of hydrogen-bond acceptors (Lipinski definition) is 4. The first-order chi connectivity index (χ1) is 9.42. The van der Waals surface area contributed by atoms with Gasteiger partial charge in [-0.3, -0.25) is 10.1 Å². The molecule has 7 heteroatoms. The fourth-order valence-electron chi connectivity index (χ4n) is 1.69. The number of rotatable bonds is 4. The Hall–Kier alpha value is -2.17. The second-order valence-corrected chi connectivity index (χ2v) is 5.87. The van der Waals surface area contributed by atoms with Crippen molar-refractivity contribution in [1.82, 2.24) is 0 Å². The molecule has 0 fully saturated rings. The van der Waals surface area contributed by atoms with Crippen molar-refractivity contribution in [2.45, 2.75) is 6.92 Å².